The minimum absolute atomic E-state index is 0.0632. The van der Waals surface area contributed by atoms with Crippen LogP contribution in [0.1, 0.15) is 348 Å². The summed E-state index contributed by atoms with van der Waals surface area (Å²) < 4.78 is 10.8. The fraction of sp³-hybridized carbons (Fsp3) is 0.781. The van der Waals surface area contributed by atoms with E-state index in [-0.39, 0.29) is 25.2 Å². The molecule has 0 aliphatic heterocycles. The van der Waals surface area contributed by atoms with Gasteiger partial charge in [-0.05, 0) is 89.9 Å². The van der Waals surface area contributed by atoms with Gasteiger partial charge in [0.25, 0.3) is 0 Å². The van der Waals surface area contributed by atoms with Crippen LogP contribution in [0.2, 0.25) is 0 Å². The molecule has 78 heavy (non-hydrogen) atoms. The molecule has 0 aliphatic rings. The first-order valence-electron chi connectivity index (χ1n) is 34.1. The Labute approximate surface area is 486 Å². The highest BCUT2D eigenvalue weighted by molar-refractivity contribution is 5.70. The molecule has 0 spiro atoms. The van der Waals surface area contributed by atoms with Crippen LogP contribution in [0.4, 0.5) is 0 Å². The van der Waals surface area contributed by atoms with Crippen molar-refractivity contribution in [1.29, 1.82) is 0 Å². The monoisotopic (exact) mass is 1090 g/mol. The molecule has 1 unspecified atom stereocenters. The summed E-state index contributed by atoms with van der Waals surface area (Å²) in [6.07, 6.45) is 96.1. The number of hydrogen-bond donors (Lipinski definition) is 1. The fourth-order valence-electron chi connectivity index (χ4n) is 10.1. The Morgan fingerprint density at radius 1 is 0.308 bits per heavy atom. The Hall–Kier alpha value is -2.92. The van der Waals surface area contributed by atoms with Gasteiger partial charge in [0.1, 0.15) is 6.61 Å². The molecule has 0 saturated carbocycles. The second kappa shape index (κ2) is 68.4. The van der Waals surface area contributed by atoms with E-state index in [0.717, 1.165) is 77.0 Å². The lowest BCUT2D eigenvalue weighted by atomic mass is 10.0. The topological polar surface area (TPSA) is 72.8 Å². The van der Waals surface area contributed by atoms with Crippen LogP contribution in [0.3, 0.4) is 0 Å². The smallest absolute Gasteiger partial charge is 0.306 e. The predicted molar refractivity (Wildman–Crippen MR) is 343 cm³/mol. The number of allylic oxidation sites excluding steroid dienone is 14. The van der Waals surface area contributed by atoms with E-state index >= 15 is 0 Å². The molecule has 0 rings (SSSR count). The van der Waals surface area contributed by atoms with Gasteiger partial charge in [0.2, 0.25) is 0 Å². The van der Waals surface area contributed by atoms with Crippen molar-refractivity contribution in [1.82, 2.24) is 0 Å². The molecular formula is C73H130O5. The van der Waals surface area contributed by atoms with E-state index in [2.05, 4.69) is 98.9 Å². The number of ether oxygens (including phenoxy) is 2. The lowest BCUT2D eigenvalue weighted by Crippen LogP contribution is -2.28. The third-order valence-electron chi connectivity index (χ3n) is 15.2. The van der Waals surface area contributed by atoms with Crippen molar-refractivity contribution < 1.29 is 24.2 Å². The number of unbranched alkanes of at least 4 members (excludes halogenated alkanes) is 41. The Kier molecular flexibility index (Phi) is 65.8. The lowest BCUT2D eigenvalue weighted by Gasteiger charge is -2.15. The first-order chi connectivity index (χ1) is 38.6. The van der Waals surface area contributed by atoms with Crippen LogP contribution in [-0.2, 0) is 19.1 Å². The lowest BCUT2D eigenvalue weighted by molar-refractivity contribution is -0.161. The molecule has 1 N–H and O–H groups in total. The van der Waals surface area contributed by atoms with Crippen molar-refractivity contribution in [2.75, 3.05) is 13.2 Å². The van der Waals surface area contributed by atoms with Crippen molar-refractivity contribution in [3.8, 4) is 0 Å². The molecule has 0 aromatic carbocycles. The van der Waals surface area contributed by atoms with Crippen LogP contribution in [0.15, 0.2) is 85.1 Å². The van der Waals surface area contributed by atoms with E-state index in [9.17, 15) is 14.7 Å². The van der Waals surface area contributed by atoms with E-state index in [0.29, 0.717) is 12.8 Å². The Morgan fingerprint density at radius 2 is 0.551 bits per heavy atom. The SMILES string of the molecule is CC/C=C\C/C=C\C/C=C\C/C=C\C/C=C\C/C=C\CCCCCCCCCCCCCCCCCCCCCCC(=O)OC(CO)COC(=O)CCCCCCCCCCCCCCC/C=C\CCCCCCCCCC. The Bertz CT molecular complexity index is 1420. The van der Waals surface area contributed by atoms with E-state index in [4.69, 9.17) is 9.47 Å². The average molecular weight is 1090 g/mol. The largest absolute Gasteiger partial charge is 0.462 e. The molecule has 452 valence electrons. The van der Waals surface area contributed by atoms with Crippen LogP contribution in [0, 0.1) is 0 Å². The summed E-state index contributed by atoms with van der Waals surface area (Å²) >= 11 is 0. The minimum Gasteiger partial charge on any atom is -0.462 e. The third-order valence-corrected chi connectivity index (χ3v) is 15.2. The van der Waals surface area contributed by atoms with Crippen molar-refractivity contribution in [2.45, 2.75) is 354 Å². The zero-order valence-electron chi connectivity index (χ0n) is 51.9. The normalized spacial score (nSPS) is 12.7. The second-order valence-electron chi connectivity index (χ2n) is 22.9. The van der Waals surface area contributed by atoms with Gasteiger partial charge in [-0.1, -0.05) is 330 Å². The van der Waals surface area contributed by atoms with Crippen molar-refractivity contribution in [3.05, 3.63) is 85.1 Å². The standard InChI is InChI=1S/C73H130O5/c1-3-5-7-9-11-13-15-17-19-21-23-25-27-29-30-31-32-33-34-35-36-37-38-39-40-41-42-44-46-48-50-52-54-56-58-60-62-64-66-68-73(76)78-71(69-74)70-77-72(75)67-65-63-61-59-57-55-53-51-49-47-45-43-28-26-24-22-20-18-16-14-12-10-8-6-4-2/h5,7,11,13,17,19,22-25,29-30,32-33,71,74H,3-4,6,8-10,12,14-16,18,20-21,26-28,31,34-70H2,1-2H3/b7-5-,13-11-,19-17-,24-22-,25-23-,30-29-,33-32-. The van der Waals surface area contributed by atoms with Gasteiger partial charge in [-0.25, -0.2) is 0 Å². The zero-order valence-corrected chi connectivity index (χ0v) is 51.9. The molecule has 0 radical (unpaired) electrons. The number of carbonyl (C=O) groups excluding carboxylic acids is 2. The fourth-order valence-corrected chi connectivity index (χ4v) is 10.1. The third kappa shape index (κ3) is 65.6. The van der Waals surface area contributed by atoms with E-state index in [1.54, 1.807) is 0 Å². The summed E-state index contributed by atoms with van der Waals surface area (Å²) in [6.45, 7) is 4.07. The van der Waals surface area contributed by atoms with Crippen LogP contribution in [0.25, 0.3) is 0 Å². The highest BCUT2D eigenvalue weighted by Gasteiger charge is 2.16. The summed E-state index contributed by atoms with van der Waals surface area (Å²) in [5.41, 5.74) is 0. The Morgan fingerprint density at radius 3 is 0.846 bits per heavy atom. The van der Waals surface area contributed by atoms with Gasteiger partial charge in [0.05, 0.1) is 6.61 Å². The summed E-state index contributed by atoms with van der Waals surface area (Å²) in [6, 6.07) is 0. The molecule has 0 bridgehead atoms. The van der Waals surface area contributed by atoms with Gasteiger partial charge in [0, 0.05) is 12.8 Å². The highest BCUT2D eigenvalue weighted by atomic mass is 16.6. The molecule has 0 aromatic heterocycles. The Balaban J connectivity index is 3.43. The second-order valence-corrected chi connectivity index (χ2v) is 22.9. The molecule has 0 aliphatic carbocycles. The van der Waals surface area contributed by atoms with Gasteiger partial charge in [-0.15, -0.1) is 0 Å². The van der Waals surface area contributed by atoms with Gasteiger partial charge < -0.3 is 14.6 Å². The van der Waals surface area contributed by atoms with E-state index in [1.165, 1.54) is 244 Å². The summed E-state index contributed by atoms with van der Waals surface area (Å²) in [5.74, 6) is -0.574. The maximum atomic E-state index is 12.4. The number of esters is 2. The van der Waals surface area contributed by atoms with Crippen molar-refractivity contribution in [2.24, 2.45) is 0 Å². The first-order valence-corrected chi connectivity index (χ1v) is 34.1. The van der Waals surface area contributed by atoms with Crippen LogP contribution in [-0.4, -0.2) is 36.4 Å². The molecule has 1 atom stereocenters. The van der Waals surface area contributed by atoms with Gasteiger partial charge in [-0.2, -0.15) is 0 Å². The molecule has 0 aromatic rings. The van der Waals surface area contributed by atoms with Gasteiger partial charge in [0.15, 0.2) is 6.10 Å². The molecule has 5 nitrogen and oxygen atoms in total. The maximum absolute atomic E-state index is 12.4. The average Bonchev–Trinajstić information content (AvgIpc) is 3.44. The number of rotatable bonds is 63. The van der Waals surface area contributed by atoms with Crippen LogP contribution in [0.5, 0.6) is 0 Å². The number of aliphatic hydroxyl groups is 1. The van der Waals surface area contributed by atoms with Crippen molar-refractivity contribution >= 4 is 11.9 Å². The van der Waals surface area contributed by atoms with E-state index < -0.39 is 6.10 Å². The van der Waals surface area contributed by atoms with E-state index in [1.807, 2.05) is 0 Å². The highest BCUT2D eigenvalue weighted by Crippen LogP contribution is 2.18. The number of hydrogen-bond acceptors (Lipinski definition) is 5. The molecule has 0 fully saturated rings. The predicted octanol–water partition coefficient (Wildman–Crippen LogP) is 23.7. The van der Waals surface area contributed by atoms with Crippen molar-refractivity contribution in [3.63, 3.8) is 0 Å². The minimum atomic E-state index is -0.774. The number of carbonyl (C=O) groups is 2. The van der Waals surface area contributed by atoms with Crippen LogP contribution >= 0.6 is 0 Å². The molecular weight excluding hydrogens is 957 g/mol. The van der Waals surface area contributed by atoms with Gasteiger partial charge >= 0.3 is 11.9 Å². The molecule has 0 heterocycles. The van der Waals surface area contributed by atoms with Crippen LogP contribution < -0.4 is 0 Å². The zero-order chi connectivity index (χ0) is 56.2. The summed E-state index contributed by atoms with van der Waals surface area (Å²) in [4.78, 5) is 24.6. The molecule has 5 heteroatoms. The quantitative estimate of drug-likeness (QED) is 0.0373. The maximum Gasteiger partial charge on any atom is 0.306 e. The molecule has 0 saturated heterocycles. The summed E-state index contributed by atoms with van der Waals surface area (Å²) in [7, 11) is 0. The number of aliphatic hydroxyl groups excluding tert-OH is 1. The summed E-state index contributed by atoms with van der Waals surface area (Å²) in [5, 5.41) is 9.69. The first kappa shape index (κ1) is 75.1. The van der Waals surface area contributed by atoms with Gasteiger partial charge in [-0.3, -0.25) is 9.59 Å². The molecule has 0 amide bonds.